The molecule has 2 aromatic carbocycles. The molecule has 0 atom stereocenters. The van der Waals surface area contributed by atoms with Crippen LogP contribution < -0.4 is 9.62 Å². The number of aryl methyl sites for hydroxylation is 2. The molecule has 0 fully saturated rings. The van der Waals surface area contributed by atoms with Crippen molar-refractivity contribution in [2.24, 2.45) is 0 Å². The minimum absolute atomic E-state index is 0.00241. The van der Waals surface area contributed by atoms with Crippen molar-refractivity contribution in [2.75, 3.05) is 24.0 Å². The number of anilines is 1. The Labute approximate surface area is 160 Å². The van der Waals surface area contributed by atoms with Crippen LogP contribution in [0, 0.1) is 13.8 Å². The number of rotatable bonds is 9. The Morgan fingerprint density at radius 2 is 1.56 bits per heavy atom. The third-order valence-electron chi connectivity index (χ3n) is 4.13. The molecule has 1 amide bonds. The van der Waals surface area contributed by atoms with Crippen molar-refractivity contribution < 1.29 is 18.3 Å². The van der Waals surface area contributed by atoms with Crippen LogP contribution in [0.4, 0.5) is 5.69 Å². The molecule has 7 heteroatoms. The molecule has 0 saturated carbocycles. The number of nitrogens with one attached hydrogen (secondary N) is 1. The van der Waals surface area contributed by atoms with Gasteiger partial charge in [0.05, 0.1) is 10.6 Å². The van der Waals surface area contributed by atoms with Gasteiger partial charge in [0.25, 0.3) is 10.0 Å². The summed E-state index contributed by atoms with van der Waals surface area (Å²) in [6.07, 6.45) is 0.499. The lowest BCUT2D eigenvalue weighted by Crippen LogP contribution is -2.35. The minimum atomic E-state index is -3.79. The van der Waals surface area contributed by atoms with E-state index in [4.69, 9.17) is 5.11 Å². The van der Waals surface area contributed by atoms with Crippen LogP contribution in [0.5, 0.6) is 0 Å². The number of hydrogen-bond donors (Lipinski definition) is 2. The van der Waals surface area contributed by atoms with Crippen LogP contribution >= 0.6 is 0 Å². The number of amides is 1. The van der Waals surface area contributed by atoms with Gasteiger partial charge in [-0.2, -0.15) is 0 Å². The fraction of sp³-hybridized carbons (Fsp3) is 0.350. The highest BCUT2D eigenvalue weighted by atomic mass is 32.2. The average molecular weight is 391 g/mol. The van der Waals surface area contributed by atoms with E-state index in [1.807, 2.05) is 26.0 Å². The smallest absolute Gasteiger partial charge is 0.264 e. The second-order valence-corrected chi connectivity index (χ2v) is 8.27. The van der Waals surface area contributed by atoms with Gasteiger partial charge in [-0.3, -0.25) is 9.10 Å². The third kappa shape index (κ3) is 5.80. The zero-order valence-corrected chi connectivity index (χ0v) is 16.5. The van der Waals surface area contributed by atoms with Crippen molar-refractivity contribution >= 4 is 21.6 Å². The zero-order valence-electron chi connectivity index (χ0n) is 15.7. The lowest BCUT2D eigenvalue weighted by Gasteiger charge is -2.24. The third-order valence-corrected chi connectivity index (χ3v) is 5.97. The van der Waals surface area contributed by atoms with E-state index in [1.165, 1.54) is 4.31 Å². The molecule has 2 rings (SSSR count). The quantitative estimate of drug-likeness (QED) is 0.644. The Balaban J connectivity index is 2.25. The Hall–Kier alpha value is -2.38. The molecular weight excluding hydrogens is 364 g/mol. The maximum absolute atomic E-state index is 13.2. The Morgan fingerprint density at radius 1 is 1.00 bits per heavy atom. The number of nitrogens with zero attached hydrogens (tertiary/aromatic N) is 1. The summed E-state index contributed by atoms with van der Waals surface area (Å²) in [5.74, 6) is -0.250. The van der Waals surface area contributed by atoms with Gasteiger partial charge in [0.1, 0.15) is 0 Å². The Bertz CT molecular complexity index is 847. The van der Waals surface area contributed by atoms with Crippen molar-refractivity contribution in [3.05, 3.63) is 59.7 Å². The van der Waals surface area contributed by atoms with Gasteiger partial charge in [-0.05, 0) is 44.5 Å². The summed E-state index contributed by atoms with van der Waals surface area (Å²) < 4.78 is 27.6. The van der Waals surface area contributed by atoms with Gasteiger partial charge in [-0.1, -0.05) is 35.4 Å². The molecule has 0 unspecified atom stereocenters. The molecule has 27 heavy (non-hydrogen) atoms. The second kappa shape index (κ2) is 9.53. The molecule has 0 aliphatic carbocycles. The molecule has 0 aliphatic heterocycles. The lowest BCUT2D eigenvalue weighted by molar-refractivity contribution is -0.120. The first-order valence-electron chi connectivity index (χ1n) is 8.88. The van der Waals surface area contributed by atoms with Crippen LogP contribution in [0.15, 0.2) is 53.4 Å². The highest BCUT2D eigenvalue weighted by Crippen LogP contribution is 2.24. The van der Waals surface area contributed by atoms with Crippen molar-refractivity contribution in [1.29, 1.82) is 0 Å². The predicted octanol–water partition coefficient (Wildman–Crippen LogP) is 2.39. The molecule has 146 valence electrons. The van der Waals surface area contributed by atoms with Gasteiger partial charge in [-0.15, -0.1) is 0 Å². The highest BCUT2D eigenvalue weighted by molar-refractivity contribution is 7.92. The van der Waals surface area contributed by atoms with Crippen LogP contribution in [0.3, 0.4) is 0 Å². The molecule has 2 aromatic rings. The van der Waals surface area contributed by atoms with Crippen LogP contribution in [0.25, 0.3) is 0 Å². The van der Waals surface area contributed by atoms with Crippen LogP contribution in [0.2, 0.25) is 0 Å². The Morgan fingerprint density at radius 3 is 2.11 bits per heavy atom. The van der Waals surface area contributed by atoms with Crippen LogP contribution in [-0.4, -0.2) is 39.1 Å². The van der Waals surface area contributed by atoms with Gasteiger partial charge in [0, 0.05) is 26.1 Å². The maximum atomic E-state index is 13.2. The topological polar surface area (TPSA) is 86.7 Å². The fourth-order valence-corrected chi connectivity index (χ4v) is 4.00. The number of carbonyl (C=O) groups excluding carboxylic acids is 1. The summed E-state index contributed by atoms with van der Waals surface area (Å²) in [6.45, 7) is 4.22. The molecule has 0 saturated heterocycles. The molecule has 0 spiro atoms. The van der Waals surface area contributed by atoms with E-state index in [0.717, 1.165) is 11.1 Å². The molecule has 0 radical (unpaired) electrons. The molecule has 0 aliphatic rings. The predicted molar refractivity (Wildman–Crippen MR) is 106 cm³/mol. The van der Waals surface area contributed by atoms with E-state index in [9.17, 15) is 13.2 Å². The van der Waals surface area contributed by atoms with Crippen LogP contribution in [-0.2, 0) is 14.8 Å². The maximum Gasteiger partial charge on any atom is 0.264 e. The first-order chi connectivity index (χ1) is 12.8. The summed E-state index contributed by atoms with van der Waals surface area (Å²) >= 11 is 0. The number of sulfonamides is 1. The molecule has 0 aromatic heterocycles. The largest absolute Gasteiger partial charge is 0.396 e. The SMILES string of the molecule is Cc1ccc(N(CCC(=O)NCCCO)S(=O)(=O)c2ccc(C)cc2)cc1. The van der Waals surface area contributed by atoms with E-state index in [2.05, 4.69) is 5.32 Å². The standard InChI is InChI=1S/C20H26N2O4S/c1-16-4-8-18(9-5-16)22(14-12-20(24)21-13-3-15-23)27(25,26)19-10-6-17(2)7-11-19/h4-11,23H,3,12-15H2,1-2H3,(H,21,24). The van der Waals surface area contributed by atoms with Gasteiger partial charge in [-0.25, -0.2) is 8.42 Å². The molecule has 6 nitrogen and oxygen atoms in total. The fourth-order valence-electron chi connectivity index (χ4n) is 2.53. The number of aliphatic hydroxyl groups is 1. The molecular formula is C20H26N2O4S. The number of benzene rings is 2. The second-order valence-electron chi connectivity index (χ2n) is 6.40. The molecule has 0 bridgehead atoms. The van der Waals surface area contributed by atoms with E-state index >= 15 is 0 Å². The van der Waals surface area contributed by atoms with Crippen molar-refractivity contribution in [2.45, 2.75) is 31.6 Å². The average Bonchev–Trinajstić information content (AvgIpc) is 2.64. The van der Waals surface area contributed by atoms with Gasteiger partial charge < -0.3 is 10.4 Å². The number of hydrogen-bond acceptors (Lipinski definition) is 4. The lowest BCUT2D eigenvalue weighted by atomic mass is 10.2. The van der Waals surface area contributed by atoms with Crippen molar-refractivity contribution in [3.8, 4) is 0 Å². The van der Waals surface area contributed by atoms with Crippen molar-refractivity contribution in [3.63, 3.8) is 0 Å². The van der Waals surface area contributed by atoms with Crippen molar-refractivity contribution in [1.82, 2.24) is 5.32 Å². The summed E-state index contributed by atoms with van der Waals surface area (Å²) in [5.41, 5.74) is 2.51. The number of carbonyl (C=O) groups is 1. The van der Waals surface area contributed by atoms with E-state index < -0.39 is 10.0 Å². The Kier molecular flexibility index (Phi) is 7.38. The first-order valence-corrected chi connectivity index (χ1v) is 10.3. The number of aliphatic hydroxyl groups excluding tert-OH is 1. The molecule has 0 heterocycles. The van der Waals surface area contributed by atoms with E-state index in [-0.39, 0.29) is 30.4 Å². The monoisotopic (exact) mass is 390 g/mol. The zero-order chi connectivity index (χ0) is 19.9. The molecule has 2 N–H and O–H groups in total. The van der Waals surface area contributed by atoms with E-state index in [1.54, 1.807) is 36.4 Å². The summed E-state index contributed by atoms with van der Waals surface area (Å²) in [4.78, 5) is 12.2. The first kappa shape index (κ1) is 20.9. The van der Waals surface area contributed by atoms with Crippen LogP contribution in [0.1, 0.15) is 24.0 Å². The van der Waals surface area contributed by atoms with E-state index in [0.29, 0.717) is 18.7 Å². The highest BCUT2D eigenvalue weighted by Gasteiger charge is 2.25. The minimum Gasteiger partial charge on any atom is -0.396 e. The summed E-state index contributed by atoms with van der Waals surface area (Å²) in [7, 11) is -3.79. The summed E-state index contributed by atoms with van der Waals surface area (Å²) in [6, 6.07) is 13.8. The summed E-state index contributed by atoms with van der Waals surface area (Å²) in [5, 5.41) is 11.5. The van der Waals surface area contributed by atoms with Gasteiger partial charge in [0.15, 0.2) is 0 Å². The van der Waals surface area contributed by atoms with Gasteiger partial charge >= 0.3 is 0 Å². The normalized spacial score (nSPS) is 11.2. The van der Waals surface area contributed by atoms with Gasteiger partial charge in [0.2, 0.25) is 5.91 Å².